The van der Waals surface area contributed by atoms with E-state index >= 15 is 0 Å². The molecule has 0 aliphatic carbocycles. The van der Waals surface area contributed by atoms with Crippen LogP contribution in [0.15, 0.2) is 72.0 Å². The van der Waals surface area contributed by atoms with Gasteiger partial charge in [-0.25, -0.2) is 15.4 Å². The van der Waals surface area contributed by atoms with Crippen LogP contribution in [0.5, 0.6) is 0 Å². The van der Waals surface area contributed by atoms with E-state index in [2.05, 4.69) is 25.8 Å². The Hall–Kier alpha value is -3.75. The van der Waals surface area contributed by atoms with Crippen molar-refractivity contribution < 1.29 is 18.0 Å². The first kappa shape index (κ1) is 21.5. The van der Waals surface area contributed by atoms with Crippen molar-refractivity contribution in [3.8, 4) is 0 Å². The third kappa shape index (κ3) is 4.77. The Labute approximate surface area is 182 Å². The molecule has 2 atom stereocenters. The van der Waals surface area contributed by atoms with Crippen LogP contribution in [-0.4, -0.2) is 21.6 Å². The minimum atomic E-state index is -4.48. The number of amides is 1. The number of nitrogens with one attached hydrogen (secondary N) is 2. The van der Waals surface area contributed by atoms with Gasteiger partial charge in [0.05, 0.1) is 28.9 Å². The summed E-state index contributed by atoms with van der Waals surface area (Å²) in [6.45, 7) is 1.97. The fraction of sp³-hybridized carbons (Fsp3) is 0.217. The van der Waals surface area contributed by atoms with E-state index in [1.165, 1.54) is 12.1 Å². The van der Waals surface area contributed by atoms with Gasteiger partial charge in [-0.05, 0) is 36.2 Å². The highest BCUT2D eigenvalue weighted by molar-refractivity contribution is 6.08. The Morgan fingerprint density at radius 3 is 2.62 bits per heavy atom. The average Bonchev–Trinajstić information content (AvgIpc) is 2.79. The van der Waals surface area contributed by atoms with E-state index in [1.54, 1.807) is 12.3 Å². The Bertz CT molecular complexity index is 1150. The third-order valence-electron chi connectivity index (χ3n) is 5.19. The van der Waals surface area contributed by atoms with Crippen LogP contribution in [0.1, 0.15) is 47.7 Å². The van der Waals surface area contributed by atoms with Crippen LogP contribution >= 0.6 is 0 Å². The van der Waals surface area contributed by atoms with Gasteiger partial charge in [0.1, 0.15) is 0 Å². The zero-order valence-electron chi connectivity index (χ0n) is 17.1. The molecule has 2 N–H and O–H groups in total. The first-order chi connectivity index (χ1) is 15.3. The molecule has 6 nitrogen and oxygen atoms in total. The van der Waals surface area contributed by atoms with E-state index < -0.39 is 17.7 Å². The summed E-state index contributed by atoms with van der Waals surface area (Å²) >= 11 is 0. The van der Waals surface area contributed by atoms with E-state index in [0.717, 1.165) is 17.7 Å². The minimum Gasteiger partial charge on any atom is -0.348 e. The Kier molecular flexibility index (Phi) is 5.89. The molecule has 0 saturated heterocycles. The molecule has 1 aromatic heterocycles. The van der Waals surface area contributed by atoms with E-state index in [1.807, 2.05) is 37.3 Å². The highest BCUT2D eigenvalue weighted by Crippen LogP contribution is 2.32. The quantitative estimate of drug-likeness (QED) is 0.605. The molecule has 1 amide bonds. The molecular formula is C23H20F3N5O. The summed E-state index contributed by atoms with van der Waals surface area (Å²) in [7, 11) is 0. The van der Waals surface area contributed by atoms with Crippen LogP contribution in [0, 0.1) is 0 Å². The molecule has 1 aliphatic heterocycles. The zero-order valence-corrected chi connectivity index (χ0v) is 17.1. The Morgan fingerprint density at radius 2 is 1.88 bits per heavy atom. The maximum Gasteiger partial charge on any atom is 0.416 e. The van der Waals surface area contributed by atoms with Crippen molar-refractivity contribution >= 4 is 17.6 Å². The second-order valence-corrected chi connectivity index (χ2v) is 7.45. The first-order valence-electron chi connectivity index (χ1n) is 10.00. The summed E-state index contributed by atoms with van der Waals surface area (Å²) in [6, 6.07) is 16.2. The second-order valence-electron chi connectivity index (χ2n) is 7.45. The smallest absolute Gasteiger partial charge is 0.348 e. The summed E-state index contributed by atoms with van der Waals surface area (Å²) in [5.41, 5.74) is 3.71. The van der Waals surface area contributed by atoms with Crippen molar-refractivity contribution in [2.45, 2.75) is 31.5 Å². The average molecular weight is 439 g/mol. The van der Waals surface area contributed by atoms with Crippen LogP contribution < -0.4 is 10.7 Å². The van der Waals surface area contributed by atoms with Crippen LogP contribution in [0.4, 0.5) is 19.1 Å². The highest BCUT2D eigenvalue weighted by Gasteiger charge is 2.33. The third-order valence-corrected chi connectivity index (χ3v) is 5.19. The molecule has 2 heterocycles. The Balaban J connectivity index is 1.64. The van der Waals surface area contributed by atoms with Crippen molar-refractivity contribution in [2.24, 2.45) is 5.10 Å². The van der Waals surface area contributed by atoms with E-state index in [9.17, 15) is 18.0 Å². The molecule has 2 aromatic carbocycles. The molecule has 4 rings (SSSR count). The maximum absolute atomic E-state index is 13.2. The molecule has 0 saturated carbocycles. The van der Waals surface area contributed by atoms with Gasteiger partial charge in [0.15, 0.2) is 0 Å². The molecule has 0 bridgehead atoms. The Morgan fingerprint density at radius 1 is 1.09 bits per heavy atom. The molecule has 9 heteroatoms. The van der Waals surface area contributed by atoms with Gasteiger partial charge in [-0.3, -0.25) is 4.79 Å². The van der Waals surface area contributed by atoms with Crippen molar-refractivity contribution in [1.82, 2.24) is 15.4 Å². The standard InChI is InChI=1S/C23H20F3N5O/c1-14(15-6-3-2-4-7-15)28-22-27-11-10-19(29-22)18-13-20(32)30-31-21(18)16-8-5-9-17(12-16)23(24,25)26/h2-12,14,18H,13H2,1H3,(H,30,32)(H,27,28,29)/t14?,18-/m0/s1. The van der Waals surface area contributed by atoms with Crippen molar-refractivity contribution in [3.05, 3.63) is 89.2 Å². The first-order valence-corrected chi connectivity index (χ1v) is 10.00. The molecule has 3 aromatic rings. The van der Waals surface area contributed by atoms with Crippen LogP contribution in [-0.2, 0) is 11.0 Å². The predicted molar refractivity (Wildman–Crippen MR) is 114 cm³/mol. The van der Waals surface area contributed by atoms with Crippen molar-refractivity contribution in [1.29, 1.82) is 0 Å². The number of carbonyl (C=O) groups is 1. The summed E-state index contributed by atoms with van der Waals surface area (Å²) in [5.74, 6) is -0.590. The van der Waals surface area contributed by atoms with Crippen LogP contribution in [0.2, 0.25) is 0 Å². The van der Waals surface area contributed by atoms with Gasteiger partial charge in [0.2, 0.25) is 11.9 Å². The molecule has 164 valence electrons. The molecule has 0 radical (unpaired) electrons. The van der Waals surface area contributed by atoms with Crippen LogP contribution in [0.3, 0.4) is 0 Å². The van der Waals surface area contributed by atoms with E-state index in [0.29, 0.717) is 17.4 Å². The van der Waals surface area contributed by atoms with E-state index in [-0.39, 0.29) is 23.9 Å². The number of hydrogen-bond donors (Lipinski definition) is 2. The summed E-state index contributed by atoms with van der Waals surface area (Å²) in [6.07, 6.45) is -2.91. The van der Waals surface area contributed by atoms with Crippen molar-refractivity contribution in [2.75, 3.05) is 5.32 Å². The summed E-state index contributed by atoms with van der Waals surface area (Å²) in [4.78, 5) is 20.8. The number of carbonyl (C=O) groups excluding carboxylic acids is 1. The lowest BCUT2D eigenvalue weighted by Crippen LogP contribution is -2.33. The van der Waals surface area contributed by atoms with Gasteiger partial charge in [-0.15, -0.1) is 0 Å². The van der Waals surface area contributed by atoms with Gasteiger partial charge >= 0.3 is 6.18 Å². The lowest BCUT2D eigenvalue weighted by Gasteiger charge is -2.23. The number of halogens is 3. The minimum absolute atomic E-state index is 0.0137. The topological polar surface area (TPSA) is 79.3 Å². The lowest BCUT2D eigenvalue weighted by atomic mass is 9.88. The predicted octanol–water partition coefficient (Wildman–Crippen LogP) is 4.68. The number of aromatic nitrogens is 2. The largest absolute Gasteiger partial charge is 0.416 e. The molecule has 0 fully saturated rings. The summed E-state index contributed by atoms with van der Waals surface area (Å²) in [5, 5.41) is 7.29. The molecule has 0 spiro atoms. The lowest BCUT2D eigenvalue weighted by molar-refractivity contribution is -0.137. The molecule has 1 unspecified atom stereocenters. The van der Waals surface area contributed by atoms with Gasteiger partial charge in [-0.1, -0.05) is 42.5 Å². The fourth-order valence-corrected chi connectivity index (χ4v) is 3.55. The van der Waals surface area contributed by atoms with Gasteiger partial charge in [-0.2, -0.15) is 18.3 Å². The number of hydrogen-bond acceptors (Lipinski definition) is 5. The fourth-order valence-electron chi connectivity index (χ4n) is 3.55. The number of hydrazone groups is 1. The number of benzene rings is 2. The summed E-state index contributed by atoms with van der Waals surface area (Å²) < 4.78 is 39.6. The van der Waals surface area contributed by atoms with Crippen LogP contribution in [0.25, 0.3) is 0 Å². The molecule has 32 heavy (non-hydrogen) atoms. The number of rotatable bonds is 5. The second kappa shape index (κ2) is 8.78. The van der Waals surface area contributed by atoms with Crippen molar-refractivity contribution in [3.63, 3.8) is 0 Å². The molecular weight excluding hydrogens is 419 g/mol. The zero-order chi connectivity index (χ0) is 22.7. The molecule has 1 aliphatic rings. The van der Waals surface area contributed by atoms with Gasteiger partial charge in [0.25, 0.3) is 0 Å². The highest BCUT2D eigenvalue weighted by atomic mass is 19.4. The number of anilines is 1. The SMILES string of the molecule is CC(Nc1nccc([C@@H]2CC(=O)NN=C2c2cccc(C(F)(F)F)c2)n1)c1ccccc1. The van der Waals surface area contributed by atoms with E-state index in [4.69, 9.17) is 0 Å². The maximum atomic E-state index is 13.2. The normalized spacial score (nSPS) is 17.3. The van der Waals surface area contributed by atoms with Gasteiger partial charge < -0.3 is 5.32 Å². The number of alkyl halides is 3. The number of nitrogens with zero attached hydrogens (tertiary/aromatic N) is 3. The van der Waals surface area contributed by atoms with Gasteiger partial charge in [0, 0.05) is 12.6 Å². The monoisotopic (exact) mass is 439 g/mol.